The van der Waals surface area contributed by atoms with E-state index < -0.39 is 30.9 Å². The van der Waals surface area contributed by atoms with Crippen LogP contribution < -0.4 is 5.32 Å². The Morgan fingerprint density at radius 1 is 1.35 bits per heavy atom. The quantitative estimate of drug-likeness (QED) is 0.853. The van der Waals surface area contributed by atoms with Crippen LogP contribution >= 0.6 is 15.9 Å². The van der Waals surface area contributed by atoms with E-state index in [0.717, 1.165) is 6.07 Å². The Hall–Kier alpha value is -1.11. The molecule has 0 heterocycles. The van der Waals surface area contributed by atoms with Gasteiger partial charge in [0.25, 0.3) is 5.91 Å². The zero-order valence-electron chi connectivity index (χ0n) is 8.44. The number of hydrogen-bond donors (Lipinski definition) is 1. The molecule has 0 unspecified atom stereocenters. The summed E-state index contributed by atoms with van der Waals surface area (Å²) in [5.41, 5.74) is 0.0976. The number of nitrogens with one attached hydrogen (secondary N) is 1. The molecule has 0 bridgehead atoms. The van der Waals surface area contributed by atoms with Crippen molar-refractivity contribution in [3.8, 4) is 0 Å². The molecule has 0 saturated heterocycles. The van der Waals surface area contributed by atoms with Crippen LogP contribution in [0.5, 0.6) is 0 Å². The van der Waals surface area contributed by atoms with Gasteiger partial charge >= 0.3 is 6.18 Å². The monoisotopic (exact) mass is 313 g/mol. The Balaban J connectivity index is 2.56. The number of rotatable bonds is 3. The smallest absolute Gasteiger partial charge is 0.352 e. The molecule has 0 spiro atoms. The molecule has 0 fully saturated rings. The highest BCUT2D eigenvalue weighted by molar-refractivity contribution is 9.10. The summed E-state index contributed by atoms with van der Waals surface area (Å²) in [7, 11) is 0. The van der Waals surface area contributed by atoms with Gasteiger partial charge in [0.2, 0.25) is 0 Å². The van der Waals surface area contributed by atoms with Crippen molar-refractivity contribution < 1.29 is 22.4 Å². The van der Waals surface area contributed by atoms with Gasteiger partial charge in [-0.2, -0.15) is 13.2 Å². The van der Waals surface area contributed by atoms with Gasteiger partial charge in [-0.3, -0.25) is 4.79 Å². The van der Waals surface area contributed by atoms with Crippen LogP contribution in [0.2, 0.25) is 0 Å². The maximum Gasteiger partial charge on any atom is 0.390 e. The van der Waals surface area contributed by atoms with Gasteiger partial charge in [0.1, 0.15) is 5.82 Å². The lowest BCUT2D eigenvalue weighted by Crippen LogP contribution is -2.27. The first-order valence-corrected chi connectivity index (χ1v) is 5.39. The minimum Gasteiger partial charge on any atom is -0.352 e. The van der Waals surface area contributed by atoms with Crippen LogP contribution in [0.15, 0.2) is 22.7 Å². The summed E-state index contributed by atoms with van der Waals surface area (Å²) < 4.78 is 48.4. The molecule has 1 aromatic rings. The second-order valence-electron chi connectivity index (χ2n) is 3.25. The van der Waals surface area contributed by atoms with Crippen molar-refractivity contribution in [3.05, 3.63) is 34.1 Å². The van der Waals surface area contributed by atoms with Gasteiger partial charge in [0.15, 0.2) is 0 Å². The molecular weight excluding hydrogens is 306 g/mol. The average Bonchev–Trinajstić information content (AvgIpc) is 2.20. The van der Waals surface area contributed by atoms with Gasteiger partial charge in [0.05, 0.1) is 10.9 Å². The van der Waals surface area contributed by atoms with Crippen molar-refractivity contribution in [1.29, 1.82) is 0 Å². The van der Waals surface area contributed by atoms with Gasteiger partial charge in [-0.25, -0.2) is 4.39 Å². The SMILES string of the molecule is O=C(NCCC(F)(F)F)c1ccc(F)c(Br)c1. The topological polar surface area (TPSA) is 29.1 Å². The number of hydrogen-bond acceptors (Lipinski definition) is 1. The Morgan fingerprint density at radius 2 is 2.00 bits per heavy atom. The van der Waals surface area contributed by atoms with Gasteiger partial charge < -0.3 is 5.32 Å². The first-order valence-electron chi connectivity index (χ1n) is 4.59. The summed E-state index contributed by atoms with van der Waals surface area (Å²) in [4.78, 5) is 11.4. The molecule has 0 aromatic heterocycles. The van der Waals surface area contributed by atoms with E-state index in [2.05, 4.69) is 21.2 Å². The number of carbonyl (C=O) groups is 1. The van der Waals surface area contributed by atoms with Crippen LogP contribution in [0.4, 0.5) is 17.6 Å². The molecule has 0 saturated carbocycles. The van der Waals surface area contributed by atoms with Crippen molar-refractivity contribution in [1.82, 2.24) is 5.32 Å². The highest BCUT2D eigenvalue weighted by atomic mass is 79.9. The Kier molecular flexibility index (Phi) is 4.50. The minimum atomic E-state index is -4.31. The number of alkyl halides is 3. The van der Waals surface area contributed by atoms with E-state index in [1.54, 1.807) is 0 Å². The summed E-state index contributed by atoms with van der Waals surface area (Å²) in [6, 6.07) is 3.46. The van der Waals surface area contributed by atoms with Crippen molar-refractivity contribution >= 4 is 21.8 Å². The molecular formula is C10H8BrF4NO. The molecule has 0 aliphatic heterocycles. The van der Waals surface area contributed by atoms with Crippen LogP contribution in [-0.4, -0.2) is 18.6 Å². The van der Waals surface area contributed by atoms with E-state index in [9.17, 15) is 22.4 Å². The van der Waals surface area contributed by atoms with Crippen molar-refractivity contribution in [2.45, 2.75) is 12.6 Å². The van der Waals surface area contributed by atoms with E-state index >= 15 is 0 Å². The molecule has 0 aliphatic carbocycles. The summed E-state index contributed by atoms with van der Waals surface area (Å²) in [5, 5.41) is 2.10. The number of benzene rings is 1. The highest BCUT2D eigenvalue weighted by Crippen LogP contribution is 2.19. The maximum atomic E-state index is 12.8. The van der Waals surface area contributed by atoms with E-state index in [0.29, 0.717) is 0 Å². The maximum absolute atomic E-state index is 12.8. The van der Waals surface area contributed by atoms with Crippen molar-refractivity contribution in [3.63, 3.8) is 0 Å². The zero-order valence-corrected chi connectivity index (χ0v) is 10.0. The first-order chi connectivity index (χ1) is 7.79. The van der Waals surface area contributed by atoms with E-state index in [1.165, 1.54) is 12.1 Å². The van der Waals surface area contributed by atoms with Crippen LogP contribution in [-0.2, 0) is 0 Å². The van der Waals surface area contributed by atoms with Crippen molar-refractivity contribution in [2.24, 2.45) is 0 Å². The fraction of sp³-hybridized carbons (Fsp3) is 0.300. The molecule has 1 amide bonds. The number of amides is 1. The van der Waals surface area contributed by atoms with Gasteiger partial charge in [-0.1, -0.05) is 0 Å². The van der Waals surface area contributed by atoms with Gasteiger partial charge in [-0.05, 0) is 34.1 Å². The van der Waals surface area contributed by atoms with Crippen LogP contribution in [0, 0.1) is 5.82 Å². The van der Waals surface area contributed by atoms with E-state index in [-0.39, 0.29) is 10.0 Å². The standard InChI is InChI=1S/C10H8BrF4NO/c11-7-5-6(1-2-8(7)12)9(17)16-4-3-10(13,14)15/h1-2,5H,3-4H2,(H,16,17). The molecule has 0 aliphatic rings. The van der Waals surface area contributed by atoms with Gasteiger partial charge in [-0.15, -0.1) is 0 Å². The minimum absolute atomic E-state index is 0.0842. The Labute approximate surface area is 103 Å². The summed E-state index contributed by atoms with van der Waals surface area (Å²) in [5.74, 6) is -1.22. The van der Waals surface area contributed by atoms with Crippen LogP contribution in [0.1, 0.15) is 16.8 Å². The fourth-order valence-electron chi connectivity index (χ4n) is 1.06. The fourth-order valence-corrected chi connectivity index (χ4v) is 1.44. The largest absolute Gasteiger partial charge is 0.390 e. The predicted molar refractivity (Wildman–Crippen MR) is 57.1 cm³/mol. The van der Waals surface area contributed by atoms with E-state index in [1.807, 2.05) is 0 Å². The lowest BCUT2D eigenvalue weighted by Gasteiger charge is -2.08. The molecule has 1 rings (SSSR count). The van der Waals surface area contributed by atoms with E-state index in [4.69, 9.17) is 0 Å². The second-order valence-corrected chi connectivity index (χ2v) is 4.10. The zero-order chi connectivity index (χ0) is 13.1. The molecule has 94 valence electrons. The van der Waals surface area contributed by atoms with Gasteiger partial charge in [0, 0.05) is 12.1 Å². The molecule has 0 atom stereocenters. The molecule has 17 heavy (non-hydrogen) atoms. The third-order valence-corrected chi connectivity index (χ3v) is 2.48. The lowest BCUT2D eigenvalue weighted by atomic mass is 10.2. The molecule has 2 nitrogen and oxygen atoms in total. The highest BCUT2D eigenvalue weighted by Gasteiger charge is 2.26. The number of halogens is 5. The third kappa shape index (κ3) is 4.72. The summed E-state index contributed by atoms with van der Waals surface area (Å²) >= 11 is 2.88. The lowest BCUT2D eigenvalue weighted by molar-refractivity contribution is -0.132. The molecule has 1 aromatic carbocycles. The Bertz CT molecular complexity index is 419. The van der Waals surface area contributed by atoms with Crippen molar-refractivity contribution in [2.75, 3.05) is 6.54 Å². The van der Waals surface area contributed by atoms with Crippen LogP contribution in [0.3, 0.4) is 0 Å². The normalized spacial score (nSPS) is 11.4. The summed E-state index contributed by atoms with van der Waals surface area (Å²) in [6.07, 6.45) is -5.40. The third-order valence-electron chi connectivity index (χ3n) is 1.88. The average molecular weight is 314 g/mol. The first kappa shape index (κ1) is 14.0. The molecule has 7 heteroatoms. The molecule has 1 N–H and O–H groups in total. The van der Waals surface area contributed by atoms with Crippen LogP contribution in [0.25, 0.3) is 0 Å². The predicted octanol–water partition coefficient (Wildman–Crippen LogP) is 3.27. The summed E-state index contributed by atoms with van der Waals surface area (Å²) in [6.45, 7) is -0.503. The second kappa shape index (κ2) is 5.48. The Morgan fingerprint density at radius 3 is 2.53 bits per heavy atom. The molecule has 0 radical (unpaired) electrons. The number of carbonyl (C=O) groups excluding carboxylic acids is 1.